The smallest absolute Gasteiger partial charge is 0.335 e. The first-order valence-corrected chi connectivity index (χ1v) is 17.3. The Morgan fingerprint density at radius 2 is 1.59 bits per heavy atom. The molecule has 1 aliphatic carbocycles. The fourth-order valence-corrected chi connectivity index (χ4v) is 7.54. The number of ether oxygens (including phenoxy) is 2. The fourth-order valence-electron chi connectivity index (χ4n) is 6.45. The van der Waals surface area contributed by atoms with Crippen LogP contribution in [-0.2, 0) is 23.9 Å². The molecule has 0 aromatic heterocycles. The number of para-hydroxylation sites is 2. The van der Waals surface area contributed by atoms with E-state index in [0.29, 0.717) is 11.5 Å². The topological polar surface area (TPSA) is 160 Å². The van der Waals surface area contributed by atoms with E-state index < -0.39 is 24.1 Å². The zero-order valence-electron chi connectivity index (χ0n) is 28.7. The summed E-state index contributed by atoms with van der Waals surface area (Å²) >= 11 is 1.88. The minimum atomic E-state index is -2.27. The Morgan fingerprint density at radius 1 is 1.04 bits per heavy atom. The summed E-state index contributed by atoms with van der Waals surface area (Å²) in [6.07, 6.45) is 1.72. The molecule has 49 heavy (non-hydrogen) atoms. The van der Waals surface area contributed by atoms with Crippen molar-refractivity contribution in [3.8, 4) is 0 Å². The van der Waals surface area contributed by atoms with E-state index in [1.54, 1.807) is 0 Å². The first-order chi connectivity index (χ1) is 23.1. The maximum Gasteiger partial charge on any atom is 0.335 e. The monoisotopic (exact) mass is 696 g/mol. The van der Waals surface area contributed by atoms with Gasteiger partial charge >= 0.3 is 17.9 Å². The summed E-state index contributed by atoms with van der Waals surface area (Å²) in [6.45, 7) is 12.7. The number of carboxylic acids is 2. The lowest BCUT2D eigenvalue weighted by Gasteiger charge is -2.35. The Hall–Kier alpha value is -3.68. The number of rotatable bonds is 7. The lowest BCUT2D eigenvalue weighted by molar-refractivity contribution is -0.165. The molecule has 3 heterocycles. The van der Waals surface area contributed by atoms with Gasteiger partial charge in [-0.25, -0.2) is 14.4 Å². The molecule has 2 saturated heterocycles. The highest BCUT2D eigenvalue weighted by atomic mass is 32.2. The number of allylic oxidation sites excluding steroid dienone is 2. The first kappa shape index (κ1) is 38.1. The number of fused-ring (bicyclic) bond motifs is 5. The van der Waals surface area contributed by atoms with Crippen LogP contribution < -0.4 is 4.90 Å². The summed E-state index contributed by atoms with van der Waals surface area (Å²) in [7, 11) is 4.29. The van der Waals surface area contributed by atoms with Crippen molar-refractivity contribution >= 4 is 41.0 Å². The number of hydrogen-bond acceptors (Lipinski definition) is 10. The average molecular weight is 697 g/mol. The van der Waals surface area contributed by atoms with E-state index in [1.807, 2.05) is 11.8 Å². The molecule has 7 atom stereocenters. The molecule has 0 bridgehead atoms. The van der Waals surface area contributed by atoms with E-state index in [1.165, 1.54) is 26.7 Å². The molecule has 0 amide bonds. The van der Waals surface area contributed by atoms with Gasteiger partial charge in [-0.2, -0.15) is 0 Å². The Balaban J connectivity index is 0.000000177. The summed E-state index contributed by atoms with van der Waals surface area (Å²) in [5.41, 5.74) is 4.59. The zero-order valence-corrected chi connectivity index (χ0v) is 29.6. The number of esters is 1. The van der Waals surface area contributed by atoms with Crippen LogP contribution in [0.15, 0.2) is 82.1 Å². The molecule has 6 rings (SSSR count). The molecule has 0 saturated carbocycles. The van der Waals surface area contributed by atoms with Gasteiger partial charge in [0.25, 0.3) is 0 Å². The third kappa shape index (κ3) is 9.52. The van der Waals surface area contributed by atoms with Crippen LogP contribution in [0.2, 0.25) is 0 Å². The molecule has 12 heteroatoms. The van der Waals surface area contributed by atoms with Crippen LogP contribution in [0.25, 0.3) is 0 Å². The quantitative estimate of drug-likeness (QED) is 0.131. The molecule has 266 valence electrons. The molecule has 11 nitrogen and oxygen atoms in total. The van der Waals surface area contributed by atoms with Gasteiger partial charge in [-0.15, -0.1) is 0 Å². The second-order valence-electron chi connectivity index (χ2n) is 13.6. The van der Waals surface area contributed by atoms with Gasteiger partial charge in [-0.05, 0) is 83.8 Å². The number of benzene rings is 2. The highest BCUT2D eigenvalue weighted by Crippen LogP contribution is 2.50. The van der Waals surface area contributed by atoms with Gasteiger partial charge < -0.3 is 39.7 Å². The van der Waals surface area contributed by atoms with Crippen LogP contribution in [0.1, 0.15) is 46.5 Å². The molecule has 2 fully saturated rings. The standard InChI is InChI=1S/C18H22N2S.C15H20O3.C4H6O6/c1-14(12-19(2)3)13-20-15-8-4-6-10-17(15)21-18-11-7-5-9-16(18)20;1-9-5-4-8-15(3)13(18-15)12-11(7-6-9)10(2)14(16)17-12;5-1(3(7)8)2(6)4(9)10/h4-11,14H,12-13H2,1-3H3;5,11-13H,2,4,6-8H2,1,3H3;1-2,5-6H,(H,7,8)(H,9,10). The molecule has 4 N–H and O–H groups in total. The number of aliphatic carboxylic acids is 2. The van der Waals surface area contributed by atoms with Crippen LogP contribution in [0, 0.1) is 11.8 Å². The number of carboxylic acid groups (broad SMARTS) is 2. The van der Waals surface area contributed by atoms with Crippen molar-refractivity contribution < 1.29 is 44.3 Å². The highest BCUT2D eigenvalue weighted by molar-refractivity contribution is 7.99. The second-order valence-corrected chi connectivity index (χ2v) is 14.6. The normalized spacial score (nSPS) is 25.6. The van der Waals surface area contributed by atoms with Crippen molar-refractivity contribution in [2.75, 3.05) is 32.1 Å². The minimum absolute atomic E-state index is 0.0671. The molecule has 2 aromatic rings. The van der Waals surface area contributed by atoms with Gasteiger partial charge in [0.05, 0.1) is 17.0 Å². The number of epoxide rings is 1. The van der Waals surface area contributed by atoms with Crippen molar-refractivity contribution in [2.24, 2.45) is 11.8 Å². The maximum absolute atomic E-state index is 11.7. The minimum Gasteiger partial charge on any atom is -0.479 e. The SMILES string of the molecule is C=C1C(=O)OC2C1CCC(C)=CCCC1(C)OC21.CC(CN(C)C)CN1c2ccccc2Sc2ccccc21.O=C(O)C(O)C(O)C(=O)O. The number of carbonyl (C=O) groups excluding carboxylic acids is 1. The lowest BCUT2D eigenvalue weighted by atomic mass is 9.84. The van der Waals surface area contributed by atoms with E-state index in [-0.39, 0.29) is 29.7 Å². The third-order valence-corrected chi connectivity index (χ3v) is 10.2. The molecule has 0 radical (unpaired) electrons. The molecule has 4 aliphatic rings. The Morgan fingerprint density at radius 3 is 2.12 bits per heavy atom. The van der Waals surface area contributed by atoms with Crippen LogP contribution in [0.4, 0.5) is 11.4 Å². The summed E-state index contributed by atoms with van der Waals surface area (Å²) < 4.78 is 11.3. The van der Waals surface area contributed by atoms with Crippen molar-refractivity contribution in [1.82, 2.24) is 4.90 Å². The number of nitrogens with zero attached hydrogens (tertiary/aromatic N) is 2. The van der Waals surface area contributed by atoms with E-state index in [2.05, 4.69) is 106 Å². The molecule has 2 aromatic carbocycles. The number of carbonyl (C=O) groups is 3. The van der Waals surface area contributed by atoms with E-state index in [0.717, 1.165) is 38.8 Å². The number of aliphatic hydroxyl groups is 2. The van der Waals surface area contributed by atoms with Crippen LogP contribution in [0.3, 0.4) is 0 Å². The Labute approximate surface area is 292 Å². The van der Waals surface area contributed by atoms with Gasteiger partial charge in [-0.1, -0.05) is 61.2 Å². The van der Waals surface area contributed by atoms with Crippen LogP contribution in [-0.4, -0.2) is 100 Å². The van der Waals surface area contributed by atoms with Crippen molar-refractivity contribution in [2.45, 2.75) is 86.3 Å². The first-order valence-electron chi connectivity index (χ1n) is 16.5. The summed E-state index contributed by atoms with van der Waals surface area (Å²) in [4.78, 5) is 38.7. The average Bonchev–Trinajstić information content (AvgIpc) is 3.64. The highest BCUT2D eigenvalue weighted by Gasteiger charge is 2.61. The zero-order chi connectivity index (χ0) is 36.0. The van der Waals surface area contributed by atoms with Crippen molar-refractivity contribution in [3.63, 3.8) is 0 Å². The molecule has 0 spiro atoms. The van der Waals surface area contributed by atoms with Crippen molar-refractivity contribution in [1.29, 1.82) is 0 Å². The summed E-state index contributed by atoms with van der Waals surface area (Å²) in [5.74, 6) is -3.02. The number of aliphatic hydroxyl groups excluding tert-OH is 2. The maximum atomic E-state index is 11.7. The van der Waals surface area contributed by atoms with Gasteiger partial charge in [-0.3, -0.25) is 0 Å². The van der Waals surface area contributed by atoms with Gasteiger partial charge in [0, 0.05) is 34.4 Å². The van der Waals surface area contributed by atoms with Crippen molar-refractivity contribution in [3.05, 3.63) is 72.3 Å². The summed E-state index contributed by atoms with van der Waals surface area (Å²) in [6, 6.07) is 17.4. The van der Waals surface area contributed by atoms with Gasteiger partial charge in [0.2, 0.25) is 0 Å². The molecular weight excluding hydrogens is 648 g/mol. The Kier molecular flexibility index (Phi) is 12.7. The van der Waals surface area contributed by atoms with E-state index in [9.17, 15) is 14.4 Å². The predicted molar refractivity (Wildman–Crippen MR) is 187 cm³/mol. The van der Waals surface area contributed by atoms with E-state index >= 15 is 0 Å². The molecule has 3 aliphatic heterocycles. The predicted octanol–water partition coefficient (Wildman–Crippen LogP) is 5.13. The lowest BCUT2D eigenvalue weighted by Crippen LogP contribution is -2.39. The largest absolute Gasteiger partial charge is 0.479 e. The third-order valence-electron chi connectivity index (χ3n) is 9.08. The number of anilines is 2. The summed E-state index contributed by atoms with van der Waals surface area (Å²) in [5, 5.41) is 32.5. The molecule has 7 unspecified atom stereocenters. The fraction of sp³-hybridized carbons (Fsp3) is 0.486. The van der Waals surface area contributed by atoms with Crippen LogP contribution >= 0.6 is 11.8 Å². The Bertz CT molecular complexity index is 1500. The van der Waals surface area contributed by atoms with Crippen LogP contribution in [0.5, 0.6) is 0 Å². The second kappa shape index (κ2) is 16.4. The van der Waals surface area contributed by atoms with Gasteiger partial charge in [0.15, 0.2) is 12.2 Å². The van der Waals surface area contributed by atoms with E-state index in [4.69, 9.17) is 29.9 Å². The molecular formula is C37H48N2O9S. The number of hydrogen-bond donors (Lipinski definition) is 4. The van der Waals surface area contributed by atoms with Gasteiger partial charge in [0.1, 0.15) is 12.2 Å².